The molecule has 0 saturated carbocycles. The molecule has 5 aromatic rings. The molecule has 3 N–H and O–H groups in total. The van der Waals surface area contributed by atoms with Crippen molar-refractivity contribution in [3.8, 4) is 16.9 Å². The van der Waals surface area contributed by atoms with Gasteiger partial charge in [0.15, 0.2) is 12.4 Å². The number of carbonyl (C=O) groups excluding carboxylic acids is 2. The number of ether oxygens (including phenoxy) is 1. The van der Waals surface area contributed by atoms with Crippen LogP contribution in [0.4, 0.5) is 18.9 Å². The molecule has 3 aromatic heterocycles. The van der Waals surface area contributed by atoms with Crippen LogP contribution in [0.3, 0.4) is 0 Å². The summed E-state index contributed by atoms with van der Waals surface area (Å²) in [6.07, 6.45) is -3.22. The average molecular weight is 586 g/mol. The Morgan fingerprint density at radius 2 is 1.88 bits per heavy atom. The molecule has 0 bridgehead atoms. The van der Waals surface area contributed by atoms with Crippen molar-refractivity contribution in [1.82, 2.24) is 14.8 Å². The van der Waals surface area contributed by atoms with E-state index in [9.17, 15) is 22.8 Å². The molecule has 5 rings (SSSR count). The third-order valence-corrected chi connectivity index (χ3v) is 7.39. The van der Waals surface area contributed by atoms with Gasteiger partial charge in [-0.05, 0) is 53.9 Å². The number of anilines is 1. The summed E-state index contributed by atoms with van der Waals surface area (Å²) < 4.78 is 48.1. The zero-order chi connectivity index (χ0) is 28.6. The monoisotopic (exact) mass is 585 g/mol. The smallest absolute Gasteiger partial charge is 0.433 e. The first-order valence-electron chi connectivity index (χ1n) is 11.6. The SMILES string of the molecule is Cc1cc(OCn2ccc(C(=O)Nc3c(C(N)=O)sc4nc(C(F)(F)F)cc(-c5ccccc5)c34)n2)ccc1Cl. The number of pyridine rings is 1. The van der Waals surface area contributed by atoms with Crippen LogP contribution in [0.1, 0.15) is 31.4 Å². The van der Waals surface area contributed by atoms with Gasteiger partial charge in [-0.2, -0.15) is 18.3 Å². The largest absolute Gasteiger partial charge is 0.471 e. The highest BCUT2D eigenvalue weighted by molar-refractivity contribution is 7.21. The van der Waals surface area contributed by atoms with Gasteiger partial charge in [0.2, 0.25) is 0 Å². The van der Waals surface area contributed by atoms with Crippen LogP contribution in [-0.4, -0.2) is 26.6 Å². The van der Waals surface area contributed by atoms with Crippen molar-refractivity contribution in [3.63, 3.8) is 0 Å². The predicted molar refractivity (Wildman–Crippen MR) is 146 cm³/mol. The molecule has 40 heavy (non-hydrogen) atoms. The van der Waals surface area contributed by atoms with E-state index < -0.39 is 23.7 Å². The number of carbonyl (C=O) groups is 2. The maximum Gasteiger partial charge on any atom is 0.433 e. The first-order valence-corrected chi connectivity index (χ1v) is 12.8. The lowest BCUT2D eigenvalue weighted by molar-refractivity contribution is -0.140. The van der Waals surface area contributed by atoms with Crippen LogP contribution in [0.25, 0.3) is 21.3 Å². The zero-order valence-corrected chi connectivity index (χ0v) is 22.2. The summed E-state index contributed by atoms with van der Waals surface area (Å²) >= 11 is 6.70. The molecule has 204 valence electrons. The number of amides is 2. The lowest BCUT2D eigenvalue weighted by Gasteiger charge is -2.12. The number of nitrogens with two attached hydrogens (primary N) is 1. The van der Waals surface area contributed by atoms with Gasteiger partial charge in [-0.25, -0.2) is 9.67 Å². The molecule has 3 heterocycles. The first-order chi connectivity index (χ1) is 19.0. The molecule has 0 saturated heterocycles. The van der Waals surface area contributed by atoms with Crippen LogP contribution < -0.4 is 15.8 Å². The Hall–Kier alpha value is -4.42. The van der Waals surface area contributed by atoms with Crippen LogP contribution in [-0.2, 0) is 12.9 Å². The number of halogens is 4. The number of thiophene rings is 1. The van der Waals surface area contributed by atoms with Crippen molar-refractivity contribution in [1.29, 1.82) is 0 Å². The van der Waals surface area contributed by atoms with Gasteiger partial charge in [-0.3, -0.25) is 9.59 Å². The van der Waals surface area contributed by atoms with Crippen LogP contribution >= 0.6 is 22.9 Å². The van der Waals surface area contributed by atoms with E-state index in [2.05, 4.69) is 15.4 Å². The molecule has 0 aliphatic carbocycles. The molecule has 2 amide bonds. The van der Waals surface area contributed by atoms with E-state index >= 15 is 0 Å². The van der Waals surface area contributed by atoms with E-state index in [1.165, 1.54) is 16.9 Å². The van der Waals surface area contributed by atoms with Gasteiger partial charge in [0.05, 0.1) is 5.69 Å². The summed E-state index contributed by atoms with van der Waals surface area (Å²) in [5.41, 5.74) is 5.75. The Kier molecular flexibility index (Phi) is 7.21. The Balaban J connectivity index is 1.49. The number of nitrogens with one attached hydrogen (secondary N) is 1. The van der Waals surface area contributed by atoms with Crippen molar-refractivity contribution in [2.45, 2.75) is 19.8 Å². The second-order valence-electron chi connectivity index (χ2n) is 8.65. The summed E-state index contributed by atoms with van der Waals surface area (Å²) in [5.74, 6) is -1.08. The second-order valence-corrected chi connectivity index (χ2v) is 10.1. The maximum absolute atomic E-state index is 13.7. The standard InChI is InChI=1S/C27H19ClF3N5O3S/c1-14-11-16(7-8-18(14)28)39-13-36-10-9-19(35-36)25(38)34-22-21-17(15-5-3-2-4-6-15)12-20(27(29,30)31)33-26(21)40-23(22)24(32)37/h2-12H,13H2,1H3,(H2,32,37)(H,34,38). The number of nitrogens with zero attached hydrogens (tertiary/aromatic N) is 3. The van der Waals surface area contributed by atoms with Gasteiger partial charge in [0.25, 0.3) is 11.8 Å². The number of aryl methyl sites for hydroxylation is 1. The van der Waals surface area contributed by atoms with E-state index in [-0.39, 0.29) is 38.8 Å². The van der Waals surface area contributed by atoms with Gasteiger partial charge in [0.1, 0.15) is 21.2 Å². The van der Waals surface area contributed by atoms with E-state index in [1.54, 1.807) is 48.5 Å². The molecule has 0 atom stereocenters. The average Bonchev–Trinajstić information content (AvgIpc) is 3.54. The molecule has 0 aliphatic heterocycles. The number of aromatic nitrogens is 3. The van der Waals surface area contributed by atoms with Crippen LogP contribution in [0.15, 0.2) is 66.9 Å². The van der Waals surface area contributed by atoms with Gasteiger partial charge >= 0.3 is 6.18 Å². The maximum atomic E-state index is 13.7. The minimum absolute atomic E-state index is 0.00936. The fourth-order valence-electron chi connectivity index (χ4n) is 3.96. The van der Waals surface area contributed by atoms with Crippen LogP contribution in [0.5, 0.6) is 5.75 Å². The van der Waals surface area contributed by atoms with Gasteiger partial charge in [-0.1, -0.05) is 41.9 Å². The van der Waals surface area contributed by atoms with Gasteiger partial charge in [0, 0.05) is 16.6 Å². The van der Waals surface area contributed by atoms with Crippen molar-refractivity contribution < 1.29 is 27.5 Å². The lowest BCUT2D eigenvalue weighted by atomic mass is 10.0. The summed E-state index contributed by atoms with van der Waals surface area (Å²) in [4.78, 5) is 29.0. The third-order valence-electron chi connectivity index (χ3n) is 5.87. The molecule has 13 heteroatoms. The summed E-state index contributed by atoms with van der Waals surface area (Å²) in [5, 5.41) is 7.58. The van der Waals surface area contributed by atoms with Crippen molar-refractivity contribution in [3.05, 3.63) is 93.7 Å². The normalized spacial score (nSPS) is 11.5. The number of hydrogen-bond acceptors (Lipinski definition) is 6. The third kappa shape index (κ3) is 5.49. The summed E-state index contributed by atoms with van der Waals surface area (Å²) in [6.45, 7) is 1.83. The highest BCUT2D eigenvalue weighted by atomic mass is 35.5. The predicted octanol–water partition coefficient (Wildman–Crippen LogP) is 6.53. The van der Waals surface area contributed by atoms with E-state index in [1.807, 2.05) is 6.92 Å². The van der Waals surface area contributed by atoms with Crippen molar-refractivity contribution in [2.24, 2.45) is 5.73 Å². The quantitative estimate of drug-likeness (QED) is 0.226. The van der Waals surface area contributed by atoms with E-state index in [0.717, 1.165) is 11.6 Å². The molecule has 2 aromatic carbocycles. The van der Waals surface area contributed by atoms with E-state index in [0.29, 0.717) is 27.7 Å². The molecule has 0 fully saturated rings. The second kappa shape index (κ2) is 10.6. The number of rotatable bonds is 7. The molecule has 0 unspecified atom stereocenters. The minimum atomic E-state index is -4.74. The fourth-order valence-corrected chi connectivity index (χ4v) is 5.09. The molecule has 0 radical (unpaired) electrons. The van der Waals surface area contributed by atoms with Gasteiger partial charge < -0.3 is 15.8 Å². The lowest BCUT2D eigenvalue weighted by Crippen LogP contribution is -2.18. The first kappa shape index (κ1) is 27.2. The molecular weight excluding hydrogens is 567 g/mol. The molecule has 8 nitrogen and oxygen atoms in total. The Morgan fingerprint density at radius 1 is 1.12 bits per heavy atom. The van der Waals surface area contributed by atoms with E-state index in [4.69, 9.17) is 22.1 Å². The number of fused-ring (bicyclic) bond motifs is 1. The Morgan fingerprint density at radius 3 is 2.55 bits per heavy atom. The molecule has 0 spiro atoms. The topological polar surface area (TPSA) is 112 Å². The zero-order valence-electron chi connectivity index (χ0n) is 20.6. The highest BCUT2D eigenvalue weighted by Gasteiger charge is 2.35. The minimum Gasteiger partial charge on any atom is -0.471 e. The van der Waals surface area contributed by atoms with Crippen molar-refractivity contribution >= 4 is 50.7 Å². The number of alkyl halides is 3. The Bertz CT molecular complexity index is 1750. The number of primary amides is 1. The van der Waals surface area contributed by atoms with Crippen LogP contribution in [0.2, 0.25) is 5.02 Å². The fraction of sp³-hybridized carbons (Fsp3) is 0.111. The van der Waals surface area contributed by atoms with Gasteiger partial charge in [-0.15, -0.1) is 11.3 Å². The van der Waals surface area contributed by atoms with Crippen LogP contribution in [0, 0.1) is 6.92 Å². The molecule has 0 aliphatic rings. The van der Waals surface area contributed by atoms with Crippen molar-refractivity contribution in [2.75, 3.05) is 5.32 Å². The number of benzene rings is 2. The number of hydrogen-bond donors (Lipinski definition) is 2. The Labute approximate surface area is 234 Å². The highest BCUT2D eigenvalue weighted by Crippen LogP contribution is 2.43. The summed E-state index contributed by atoms with van der Waals surface area (Å²) in [6, 6.07) is 15.7. The summed E-state index contributed by atoms with van der Waals surface area (Å²) in [7, 11) is 0. The molecular formula is C27H19ClF3N5O3S.